The molecule has 8 heteroatoms. The molecule has 0 unspecified atom stereocenters. The molecule has 1 amide bonds. The number of nitrogens with one attached hydrogen (secondary N) is 1. The minimum absolute atomic E-state index is 0.000917. The maximum atomic E-state index is 12.5. The van der Waals surface area contributed by atoms with Crippen molar-refractivity contribution in [1.29, 1.82) is 0 Å². The Kier molecular flexibility index (Phi) is 5.29. The molecule has 2 heterocycles. The van der Waals surface area contributed by atoms with Crippen LogP contribution in [0.3, 0.4) is 0 Å². The number of carbonyl (C=O) groups excluding carboxylic acids is 1. The number of alkyl halides is 1. The first-order valence-corrected chi connectivity index (χ1v) is 8.68. The Morgan fingerprint density at radius 3 is 2.50 bits per heavy atom. The molecule has 0 aliphatic rings. The van der Waals surface area contributed by atoms with Crippen molar-refractivity contribution >= 4 is 39.8 Å². The summed E-state index contributed by atoms with van der Waals surface area (Å²) in [6.45, 7) is -0.722. The molecule has 0 bridgehead atoms. The summed E-state index contributed by atoms with van der Waals surface area (Å²) in [5.74, 6) is -1.67. The molecule has 0 aliphatic carbocycles. The van der Waals surface area contributed by atoms with Crippen molar-refractivity contribution in [3.63, 3.8) is 0 Å². The van der Waals surface area contributed by atoms with Gasteiger partial charge >= 0.3 is 5.97 Å². The van der Waals surface area contributed by atoms with E-state index in [-0.39, 0.29) is 21.8 Å². The van der Waals surface area contributed by atoms with Crippen molar-refractivity contribution in [2.75, 3.05) is 5.32 Å². The van der Waals surface area contributed by atoms with Crippen LogP contribution in [0, 0.1) is 0 Å². The highest BCUT2D eigenvalue weighted by atomic mass is 35.5. The third-order valence-electron chi connectivity index (χ3n) is 3.61. The number of carboxylic acid groups (broad SMARTS) is 1. The minimum atomic E-state index is -1.16. The van der Waals surface area contributed by atoms with Gasteiger partial charge in [-0.25, -0.2) is 9.18 Å². The van der Waals surface area contributed by atoms with Crippen LogP contribution in [0.1, 0.15) is 26.4 Å². The van der Waals surface area contributed by atoms with Gasteiger partial charge in [0.25, 0.3) is 5.91 Å². The summed E-state index contributed by atoms with van der Waals surface area (Å²) in [5.41, 5.74) is 1.59. The van der Waals surface area contributed by atoms with Gasteiger partial charge in [0.2, 0.25) is 0 Å². The third kappa shape index (κ3) is 3.74. The van der Waals surface area contributed by atoms with Gasteiger partial charge in [0.05, 0.1) is 11.3 Å². The molecule has 5 nitrogen and oxygen atoms in total. The topological polar surface area (TPSA) is 79.3 Å². The molecule has 3 aromatic rings. The number of hydrogen-bond acceptors (Lipinski definition) is 4. The SMILES string of the molecule is O=C(Nc1scc(-c2ccc(Cl)cc2)c1C(=O)O)c1ccc(CF)nc1. The molecule has 0 saturated carbocycles. The molecule has 0 spiro atoms. The Morgan fingerprint density at radius 2 is 1.92 bits per heavy atom. The lowest BCUT2D eigenvalue weighted by Crippen LogP contribution is -2.14. The first-order chi connectivity index (χ1) is 12.5. The zero-order valence-corrected chi connectivity index (χ0v) is 14.8. The molecule has 26 heavy (non-hydrogen) atoms. The van der Waals surface area contributed by atoms with Crippen molar-refractivity contribution in [3.05, 3.63) is 69.8 Å². The number of rotatable bonds is 5. The van der Waals surface area contributed by atoms with Crippen molar-refractivity contribution in [1.82, 2.24) is 4.98 Å². The number of aromatic carboxylic acids is 1. The van der Waals surface area contributed by atoms with Crippen molar-refractivity contribution in [3.8, 4) is 11.1 Å². The number of nitrogens with zero attached hydrogens (tertiary/aromatic N) is 1. The number of aromatic nitrogens is 1. The second-order valence-electron chi connectivity index (χ2n) is 5.29. The largest absolute Gasteiger partial charge is 0.478 e. The second-order valence-corrected chi connectivity index (χ2v) is 6.61. The van der Waals surface area contributed by atoms with Gasteiger partial charge in [0.15, 0.2) is 0 Å². The normalized spacial score (nSPS) is 10.5. The van der Waals surface area contributed by atoms with Crippen molar-refractivity contribution in [2.24, 2.45) is 0 Å². The van der Waals surface area contributed by atoms with E-state index in [2.05, 4.69) is 10.3 Å². The number of thiophene rings is 1. The van der Waals surface area contributed by atoms with Crippen LogP contribution in [0.15, 0.2) is 48.0 Å². The maximum Gasteiger partial charge on any atom is 0.339 e. The van der Waals surface area contributed by atoms with E-state index < -0.39 is 18.6 Å². The molecule has 132 valence electrons. The monoisotopic (exact) mass is 390 g/mol. The predicted molar refractivity (Wildman–Crippen MR) is 98.7 cm³/mol. The zero-order chi connectivity index (χ0) is 18.7. The summed E-state index contributed by atoms with van der Waals surface area (Å²) in [6, 6.07) is 9.59. The highest BCUT2D eigenvalue weighted by Gasteiger charge is 2.21. The summed E-state index contributed by atoms with van der Waals surface area (Å²) in [7, 11) is 0. The smallest absolute Gasteiger partial charge is 0.339 e. The molecule has 0 atom stereocenters. The molecule has 1 aromatic carbocycles. The Labute approximate surface area is 157 Å². The molecular weight excluding hydrogens is 379 g/mol. The number of benzene rings is 1. The second kappa shape index (κ2) is 7.63. The fraction of sp³-hybridized carbons (Fsp3) is 0.0556. The first kappa shape index (κ1) is 18.0. The van der Waals surface area contributed by atoms with Crippen molar-refractivity contribution < 1.29 is 19.1 Å². The average molecular weight is 391 g/mol. The van der Waals surface area contributed by atoms with Crippen LogP contribution in [0.5, 0.6) is 0 Å². The van der Waals surface area contributed by atoms with Gasteiger partial charge in [0, 0.05) is 22.2 Å². The number of amides is 1. The molecular formula is C18H12ClFN2O3S. The van der Waals surface area contributed by atoms with E-state index in [9.17, 15) is 19.1 Å². The highest BCUT2D eigenvalue weighted by molar-refractivity contribution is 7.15. The lowest BCUT2D eigenvalue weighted by molar-refractivity contribution is 0.0699. The van der Waals surface area contributed by atoms with E-state index in [0.29, 0.717) is 16.1 Å². The highest BCUT2D eigenvalue weighted by Crippen LogP contribution is 2.36. The van der Waals surface area contributed by atoms with Gasteiger partial charge in [0.1, 0.15) is 17.2 Å². The van der Waals surface area contributed by atoms with Crippen LogP contribution >= 0.6 is 22.9 Å². The minimum Gasteiger partial charge on any atom is -0.478 e. The fourth-order valence-corrected chi connectivity index (χ4v) is 3.40. The van der Waals surface area contributed by atoms with E-state index in [1.165, 1.54) is 18.3 Å². The van der Waals surface area contributed by atoms with E-state index in [1.807, 2.05) is 0 Å². The molecule has 0 saturated heterocycles. The van der Waals surface area contributed by atoms with Crippen molar-refractivity contribution in [2.45, 2.75) is 6.67 Å². The quantitative estimate of drug-likeness (QED) is 0.650. The number of halogens is 2. The van der Waals surface area contributed by atoms with Gasteiger partial charge in [-0.1, -0.05) is 23.7 Å². The number of hydrogen-bond donors (Lipinski definition) is 2. The zero-order valence-electron chi connectivity index (χ0n) is 13.2. The number of carboxylic acids is 1. The lowest BCUT2D eigenvalue weighted by atomic mass is 10.0. The maximum absolute atomic E-state index is 12.5. The number of pyridine rings is 1. The van der Waals surface area contributed by atoms with E-state index in [1.54, 1.807) is 29.6 Å². The predicted octanol–water partition coefficient (Wildman–Crippen LogP) is 4.88. The Hall–Kier alpha value is -2.77. The van der Waals surface area contributed by atoms with Crippen LogP contribution in [0.25, 0.3) is 11.1 Å². The third-order valence-corrected chi connectivity index (χ3v) is 4.76. The average Bonchev–Trinajstić information content (AvgIpc) is 3.06. The summed E-state index contributed by atoms with van der Waals surface area (Å²) in [4.78, 5) is 27.9. The number of carbonyl (C=O) groups is 2. The van der Waals surface area contributed by atoms with Crippen LogP contribution in [-0.4, -0.2) is 22.0 Å². The Morgan fingerprint density at radius 1 is 1.19 bits per heavy atom. The van der Waals surface area contributed by atoms with Gasteiger partial charge in [-0.3, -0.25) is 9.78 Å². The van der Waals surface area contributed by atoms with Gasteiger partial charge in [-0.05, 0) is 29.8 Å². The van der Waals surface area contributed by atoms with Crippen LogP contribution in [0.2, 0.25) is 5.02 Å². The summed E-state index contributed by atoms with van der Waals surface area (Å²) in [5, 5.41) is 14.6. The van der Waals surface area contributed by atoms with E-state index >= 15 is 0 Å². The molecule has 0 fully saturated rings. The fourth-order valence-electron chi connectivity index (χ4n) is 2.32. The van der Waals surface area contributed by atoms with Crippen LogP contribution < -0.4 is 5.32 Å². The van der Waals surface area contributed by atoms with Gasteiger partial charge in [-0.15, -0.1) is 11.3 Å². The summed E-state index contributed by atoms with van der Waals surface area (Å²) >= 11 is 6.97. The first-order valence-electron chi connectivity index (χ1n) is 7.42. The Balaban J connectivity index is 1.91. The standard InChI is InChI=1S/C18H12ClFN2O3S/c19-12-4-1-10(2-5-12)14-9-26-17(15(14)18(24)25)22-16(23)11-3-6-13(7-20)21-8-11/h1-6,8-9H,7H2,(H,22,23)(H,24,25). The van der Waals surface area contributed by atoms with Gasteiger partial charge in [-0.2, -0.15) is 0 Å². The van der Waals surface area contributed by atoms with E-state index in [4.69, 9.17) is 11.6 Å². The number of anilines is 1. The molecule has 2 N–H and O–H groups in total. The lowest BCUT2D eigenvalue weighted by Gasteiger charge is -2.06. The van der Waals surface area contributed by atoms with Gasteiger partial charge < -0.3 is 10.4 Å². The molecule has 3 rings (SSSR count). The van der Waals surface area contributed by atoms with Crippen LogP contribution in [-0.2, 0) is 6.67 Å². The van der Waals surface area contributed by atoms with E-state index in [0.717, 1.165) is 11.3 Å². The Bertz CT molecular complexity index is 956. The van der Waals surface area contributed by atoms with Crippen LogP contribution in [0.4, 0.5) is 9.39 Å². The molecule has 2 aromatic heterocycles. The molecule has 0 radical (unpaired) electrons. The summed E-state index contributed by atoms with van der Waals surface area (Å²) in [6.07, 6.45) is 1.25. The summed E-state index contributed by atoms with van der Waals surface area (Å²) < 4.78 is 12.5. The molecule has 0 aliphatic heterocycles.